The minimum absolute atomic E-state index is 0.0413. The molecule has 3 aliphatic rings. The fraction of sp³-hybridized carbons (Fsp3) is 0.542. The van der Waals surface area contributed by atoms with Crippen molar-refractivity contribution in [3.8, 4) is 0 Å². The van der Waals surface area contributed by atoms with Gasteiger partial charge in [0.25, 0.3) is 5.91 Å². The average molecular weight is 406 g/mol. The van der Waals surface area contributed by atoms with Crippen molar-refractivity contribution in [1.82, 2.24) is 19.8 Å². The number of nitrogens with one attached hydrogen (secondary N) is 1. The third kappa shape index (κ3) is 4.06. The third-order valence-corrected chi connectivity index (χ3v) is 6.94. The lowest BCUT2D eigenvalue weighted by atomic mass is 9.93. The zero-order valence-electron chi connectivity index (χ0n) is 17.8. The van der Waals surface area contributed by atoms with Gasteiger partial charge in [0.1, 0.15) is 17.3 Å². The largest absolute Gasteiger partial charge is 0.367 e. The predicted octanol–water partition coefficient (Wildman–Crippen LogP) is 3.41. The van der Waals surface area contributed by atoms with Crippen molar-refractivity contribution in [2.24, 2.45) is 0 Å². The van der Waals surface area contributed by atoms with E-state index in [4.69, 9.17) is 0 Å². The molecule has 5 rings (SSSR count). The molecule has 1 N–H and O–H groups in total. The summed E-state index contributed by atoms with van der Waals surface area (Å²) in [4.78, 5) is 26.6. The van der Waals surface area contributed by atoms with Gasteiger partial charge in [0, 0.05) is 44.3 Å². The monoisotopic (exact) mass is 405 g/mol. The van der Waals surface area contributed by atoms with Crippen LogP contribution in [-0.2, 0) is 13.0 Å². The summed E-state index contributed by atoms with van der Waals surface area (Å²) in [6.07, 6.45) is 6.83. The van der Waals surface area contributed by atoms with Gasteiger partial charge in [0.15, 0.2) is 0 Å². The summed E-state index contributed by atoms with van der Waals surface area (Å²) in [6.45, 7) is 5.63. The molecular formula is C24H31N5O. The summed E-state index contributed by atoms with van der Waals surface area (Å²) in [6, 6.07) is 11.7. The lowest BCUT2D eigenvalue weighted by molar-refractivity contribution is 0.0593. The first-order valence-electron chi connectivity index (χ1n) is 11.4. The molecule has 1 aliphatic carbocycles. The smallest absolute Gasteiger partial charge is 0.272 e. The number of carbonyl (C=O) groups is 1. The van der Waals surface area contributed by atoms with Gasteiger partial charge in [-0.25, -0.2) is 9.97 Å². The van der Waals surface area contributed by atoms with Gasteiger partial charge in [0.2, 0.25) is 0 Å². The van der Waals surface area contributed by atoms with Gasteiger partial charge >= 0.3 is 0 Å². The molecule has 1 saturated carbocycles. The molecule has 158 valence electrons. The van der Waals surface area contributed by atoms with Crippen molar-refractivity contribution >= 4 is 11.7 Å². The van der Waals surface area contributed by atoms with Gasteiger partial charge in [-0.1, -0.05) is 24.3 Å². The van der Waals surface area contributed by atoms with Crippen LogP contribution in [0.5, 0.6) is 0 Å². The number of benzene rings is 1. The molecular weight excluding hydrogens is 374 g/mol. The highest BCUT2D eigenvalue weighted by atomic mass is 16.2. The highest BCUT2D eigenvalue weighted by Gasteiger charge is 2.30. The van der Waals surface area contributed by atoms with Gasteiger partial charge in [-0.3, -0.25) is 9.69 Å². The number of anilines is 1. The van der Waals surface area contributed by atoms with Crippen LogP contribution in [0, 0.1) is 6.92 Å². The Morgan fingerprint density at radius 1 is 1.03 bits per heavy atom. The molecule has 6 nitrogen and oxygen atoms in total. The summed E-state index contributed by atoms with van der Waals surface area (Å²) in [5.41, 5.74) is 3.48. The second-order valence-corrected chi connectivity index (χ2v) is 8.97. The minimum Gasteiger partial charge on any atom is -0.367 e. The molecule has 0 radical (unpaired) electrons. The fourth-order valence-electron chi connectivity index (χ4n) is 4.94. The second kappa shape index (κ2) is 8.34. The molecule has 2 aromatic rings. The van der Waals surface area contributed by atoms with E-state index < -0.39 is 0 Å². The Morgan fingerprint density at radius 3 is 2.53 bits per heavy atom. The topological polar surface area (TPSA) is 61.4 Å². The first-order chi connectivity index (χ1) is 14.7. The summed E-state index contributed by atoms with van der Waals surface area (Å²) in [7, 11) is 0. The molecule has 1 aromatic carbocycles. The molecule has 1 aromatic heterocycles. The van der Waals surface area contributed by atoms with E-state index in [-0.39, 0.29) is 5.91 Å². The summed E-state index contributed by atoms with van der Waals surface area (Å²) >= 11 is 0. The number of fused-ring (bicyclic) bond motifs is 1. The summed E-state index contributed by atoms with van der Waals surface area (Å²) < 4.78 is 0. The number of aryl methyl sites for hydroxylation is 1. The van der Waals surface area contributed by atoms with Crippen LogP contribution in [0.3, 0.4) is 0 Å². The Kier molecular flexibility index (Phi) is 5.42. The average Bonchev–Trinajstić information content (AvgIpc) is 2.75. The molecule has 0 atom stereocenters. The van der Waals surface area contributed by atoms with Crippen molar-refractivity contribution in [2.45, 2.75) is 64.1 Å². The maximum atomic E-state index is 13.1. The first kappa shape index (κ1) is 19.5. The van der Waals surface area contributed by atoms with Crippen molar-refractivity contribution in [3.05, 3.63) is 53.0 Å². The highest BCUT2D eigenvalue weighted by Crippen LogP contribution is 2.26. The van der Waals surface area contributed by atoms with Crippen LogP contribution in [0.25, 0.3) is 0 Å². The van der Waals surface area contributed by atoms with Crippen LogP contribution < -0.4 is 5.32 Å². The molecule has 3 heterocycles. The van der Waals surface area contributed by atoms with Gasteiger partial charge in [0.05, 0.1) is 0 Å². The SMILES string of the molecule is Cc1nc(NC2CCC2)cc(C(=O)N2CCC(N3CCc4ccccc4C3)CC2)n1. The Balaban J connectivity index is 1.20. The van der Waals surface area contributed by atoms with E-state index in [1.165, 1.54) is 30.4 Å². The van der Waals surface area contributed by atoms with E-state index in [1.807, 2.05) is 17.9 Å². The number of nitrogens with zero attached hydrogens (tertiary/aromatic N) is 4. The molecule has 2 fully saturated rings. The van der Waals surface area contributed by atoms with Crippen LogP contribution >= 0.6 is 0 Å². The summed E-state index contributed by atoms with van der Waals surface area (Å²) in [5, 5.41) is 3.45. The third-order valence-electron chi connectivity index (χ3n) is 6.94. The Morgan fingerprint density at radius 2 is 1.80 bits per heavy atom. The van der Waals surface area contributed by atoms with Gasteiger partial charge in [-0.2, -0.15) is 0 Å². The van der Waals surface area contributed by atoms with Crippen molar-refractivity contribution in [2.75, 3.05) is 25.0 Å². The fourth-order valence-corrected chi connectivity index (χ4v) is 4.94. The van der Waals surface area contributed by atoms with Crippen LogP contribution in [0.4, 0.5) is 5.82 Å². The number of aromatic nitrogens is 2. The van der Waals surface area contributed by atoms with Gasteiger partial charge in [-0.05, 0) is 56.6 Å². The van der Waals surface area contributed by atoms with Crippen molar-refractivity contribution in [1.29, 1.82) is 0 Å². The molecule has 0 unspecified atom stereocenters. The Hall–Kier alpha value is -2.47. The van der Waals surface area contributed by atoms with E-state index in [9.17, 15) is 4.79 Å². The number of amides is 1. The molecule has 2 aliphatic heterocycles. The Labute approximate surface area is 178 Å². The zero-order chi connectivity index (χ0) is 20.5. The van der Waals surface area contributed by atoms with E-state index in [0.717, 1.165) is 51.3 Å². The van der Waals surface area contributed by atoms with Crippen LogP contribution in [0.15, 0.2) is 30.3 Å². The van der Waals surface area contributed by atoms with Crippen LogP contribution in [0.2, 0.25) is 0 Å². The highest BCUT2D eigenvalue weighted by molar-refractivity contribution is 5.93. The maximum absolute atomic E-state index is 13.1. The Bertz CT molecular complexity index is 918. The lowest BCUT2D eigenvalue weighted by Crippen LogP contribution is -2.48. The number of likely N-dealkylation sites (tertiary alicyclic amines) is 1. The number of piperidine rings is 1. The standard InChI is InChI=1S/C24H31N5O/c1-17-25-22(15-23(26-17)27-20-7-4-8-20)24(30)28-13-10-21(11-14-28)29-12-9-18-5-2-3-6-19(18)16-29/h2-3,5-6,15,20-21H,4,7-14,16H2,1H3,(H,25,26,27). The zero-order valence-corrected chi connectivity index (χ0v) is 17.8. The van der Waals surface area contributed by atoms with Crippen LogP contribution in [0.1, 0.15) is 59.5 Å². The van der Waals surface area contributed by atoms with E-state index in [2.05, 4.69) is 44.5 Å². The number of hydrogen-bond acceptors (Lipinski definition) is 5. The molecule has 1 amide bonds. The van der Waals surface area contributed by atoms with E-state index in [0.29, 0.717) is 23.6 Å². The van der Waals surface area contributed by atoms with Crippen molar-refractivity contribution < 1.29 is 4.79 Å². The number of carbonyl (C=O) groups excluding carboxylic acids is 1. The van der Waals surface area contributed by atoms with E-state index in [1.54, 1.807) is 0 Å². The minimum atomic E-state index is 0.0413. The number of hydrogen-bond donors (Lipinski definition) is 1. The lowest BCUT2D eigenvalue weighted by Gasteiger charge is -2.40. The molecule has 30 heavy (non-hydrogen) atoms. The van der Waals surface area contributed by atoms with Gasteiger partial charge in [-0.15, -0.1) is 0 Å². The first-order valence-corrected chi connectivity index (χ1v) is 11.4. The van der Waals surface area contributed by atoms with E-state index >= 15 is 0 Å². The quantitative estimate of drug-likeness (QED) is 0.845. The van der Waals surface area contributed by atoms with Crippen LogP contribution in [-0.4, -0.2) is 57.4 Å². The van der Waals surface area contributed by atoms with Gasteiger partial charge < -0.3 is 10.2 Å². The molecule has 0 bridgehead atoms. The van der Waals surface area contributed by atoms with Crippen molar-refractivity contribution in [3.63, 3.8) is 0 Å². The summed E-state index contributed by atoms with van der Waals surface area (Å²) in [5.74, 6) is 1.49. The maximum Gasteiger partial charge on any atom is 0.272 e. The molecule has 6 heteroatoms. The normalized spacial score (nSPS) is 20.5. The number of rotatable bonds is 4. The molecule has 0 spiro atoms. The second-order valence-electron chi connectivity index (χ2n) is 8.97. The molecule has 1 saturated heterocycles. The predicted molar refractivity (Wildman–Crippen MR) is 118 cm³/mol.